The number of carboxylic acid groups (broad SMARTS) is 1. The number of hydrogen-bond acceptors (Lipinski definition) is 6. The van der Waals surface area contributed by atoms with E-state index < -0.39 is 30.4 Å². The molecule has 0 bridgehead atoms. The molecule has 1 aromatic heterocycles. The normalized spacial score (nSPS) is 11.8. The molecule has 0 radical (unpaired) electrons. The number of benzene rings is 2. The van der Waals surface area contributed by atoms with E-state index in [2.05, 4.69) is 10.6 Å². The summed E-state index contributed by atoms with van der Waals surface area (Å²) < 4.78 is 7.04. The fourth-order valence-corrected chi connectivity index (χ4v) is 3.87. The first-order valence-electron chi connectivity index (χ1n) is 10.4. The predicted octanol–water partition coefficient (Wildman–Crippen LogP) is 2.13. The topological polar surface area (TPSA) is 150 Å². The fraction of sp³-hybridized carbons (Fsp3) is 0.261. The summed E-state index contributed by atoms with van der Waals surface area (Å²) in [5.74, 6) is -1.91. The fourth-order valence-electron chi connectivity index (χ4n) is 3.42. The van der Waals surface area contributed by atoms with Gasteiger partial charge in [-0.2, -0.15) is 0 Å². The smallest absolute Gasteiger partial charge is 0.335 e. The van der Waals surface area contributed by atoms with E-state index >= 15 is 0 Å². The van der Waals surface area contributed by atoms with Gasteiger partial charge in [0.25, 0.3) is 11.8 Å². The van der Waals surface area contributed by atoms with Crippen LogP contribution < -0.4 is 15.4 Å². The molecule has 1 atom stereocenters. The zero-order chi connectivity index (χ0) is 25.7. The van der Waals surface area contributed by atoms with Crippen LogP contribution in [0.3, 0.4) is 0 Å². The number of aliphatic hydroxyl groups is 2. The number of nitrogens with one attached hydrogen (secondary N) is 2. The Bertz CT molecular complexity index is 1260. The van der Waals surface area contributed by atoms with Crippen LogP contribution in [0.15, 0.2) is 36.4 Å². The number of aliphatic hydroxyl groups excluding tert-OH is 2. The van der Waals surface area contributed by atoms with Gasteiger partial charge in [0.2, 0.25) is 0 Å². The van der Waals surface area contributed by atoms with Crippen molar-refractivity contribution in [2.45, 2.75) is 6.04 Å². The number of amides is 2. The molecular formula is C23H23Cl2N3O7. The van der Waals surface area contributed by atoms with E-state index in [1.807, 2.05) is 0 Å². The first-order chi connectivity index (χ1) is 16.7. The molecule has 35 heavy (non-hydrogen) atoms. The van der Waals surface area contributed by atoms with Gasteiger partial charge in [-0.25, -0.2) is 4.79 Å². The van der Waals surface area contributed by atoms with E-state index in [1.165, 1.54) is 24.3 Å². The van der Waals surface area contributed by atoms with Gasteiger partial charge in [-0.15, -0.1) is 0 Å². The number of carbonyl (C=O) groups excluding carboxylic acids is 2. The van der Waals surface area contributed by atoms with Crippen LogP contribution in [0.2, 0.25) is 10.0 Å². The van der Waals surface area contributed by atoms with Gasteiger partial charge in [0.05, 0.1) is 35.4 Å². The highest BCUT2D eigenvalue weighted by Crippen LogP contribution is 2.39. The number of halogens is 2. The Kier molecular flexibility index (Phi) is 8.57. The van der Waals surface area contributed by atoms with Crippen LogP contribution in [0.5, 0.6) is 5.75 Å². The van der Waals surface area contributed by atoms with Crippen molar-refractivity contribution in [2.24, 2.45) is 7.05 Å². The van der Waals surface area contributed by atoms with Crippen molar-refractivity contribution < 1.29 is 34.4 Å². The molecule has 0 aliphatic carbocycles. The van der Waals surface area contributed by atoms with Crippen molar-refractivity contribution in [2.75, 3.05) is 26.4 Å². The summed E-state index contributed by atoms with van der Waals surface area (Å²) in [7, 11) is 1.63. The number of hydrogen-bond donors (Lipinski definition) is 5. The van der Waals surface area contributed by atoms with E-state index in [0.29, 0.717) is 16.5 Å². The van der Waals surface area contributed by atoms with E-state index in [1.54, 1.807) is 23.7 Å². The zero-order valence-electron chi connectivity index (χ0n) is 18.5. The van der Waals surface area contributed by atoms with Crippen molar-refractivity contribution in [3.05, 3.63) is 63.3 Å². The Balaban J connectivity index is 1.85. The number of carbonyl (C=O) groups is 3. The van der Waals surface area contributed by atoms with Crippen molar-refractivity contribution in [1.82, 2.24) is 15.2 Å². The van der Waals surface area contributed by atoms with Gasteiger partial charge in [0.15, 0.2) is 6.61 Å². The van der Waals surface area contributed by atoms with Gasteiger partial charge < -0.3 is 35.3 Å². The average molecular weight is 524 g/mol. The Morgan fingerprint density at radius 2 is 1.77 bits per heavy atom. The number of aryl methyl sites for hydroxylation is 1. The van der Waals surface area contributed by atoms with Gasteiger partial charge in [-0.3, -0.25) is 9.59 Å². The lowest BCUT2D eigenvalue weighted by atomic mass is 10.1. The number of nitrogens with zero attached hydrogens (tertiary/aromatic N) is 1. The molecule has 5 N–H and O–H groups in total. The lowest BCUT2D eigenvalue weighted by Gasteiger charge is -2.17. The standard InChI is InChI=1S/C23H23Cl2N3O7/c1-28-16-9-18(35-11-19(31)26-6-7-29)21(25)20(24)14(16)8-17(28)22(32)27-15(10-30)12-2-4-13(5-3-12)23(33)34/h2-5,8-9,15,29-30H,6-7,10-11H2,1H3,(H,26,31)(H,27,32)(H,33,34)/t15-/m1/s1. The Morgan fingerprint density at radius 3 is 2.37 bits per heavy atom. The number of rotatable bonds is 10. The summed E-state index contributed by atoms with van der Waals surface area (Å²) in [6, 6.07) is 8.12. The molecule has 2 amide bonds. The summed E-state index contributed by atoms with van der Waals surface area (Å²) >= 11 is 12.7. The van der Waals surface area contributed by atoms with Crippen molar-refractivity contribution in [3.8, 4) is 5.75 Å². The third-order valence-electron chi connectivity index (χ3n) is 5.27. The van der Waals surface area contributed by atoms with Crippen molar-refractivity contribution in [3.63, 3.8) is 0 Å². The molecule has 186 valence electrons. The van der Waals surface area contributed by atoms with Crippen molar-refractivity contribution >= 4 is 51.9 Å². The molecule has 2 aromatic carbocycles. The second-order valence-electron chi connectivity index (χ2n) is 7.52. The quantitative estimate of drug-likeness (QED) is 0.273. The van der Waals surface area contributed by atoms with E-state index in [4.69, 9.17) is 38.2 Å². The molecule has 0 fully saturated rings. The minimum atomic E-state index is -1.08. The molecule has 12 heteroatoms. The third-order valence-corrected chi connectivity index (χ3v) is 6.13. The number of carboxylic acids is 1. The number of aromatic carboxylic acids is 1. The van der Waals surface area contributed by atoms with Crippen LogP contribution >= 0.6 is 23.2 Å². The molecule has 10 nitrogen and oxygen atoms in total. The predicted molar refractivity (Wildman–Crippen MR) is 129 cm³/mol. The highest BCUT2D eigenvalue weighted by atomic mass is 35.5. The molecule has 0 aliphatic heterocycles. The molecule has 1 heterocycles. The molecule has 3 aromatic rings. The van der Waals surface area contributed by atoms with E-state index in [9.17, 15) is 19.5 Å². The summed E-state index contributed by atoms with van der Waals surface area (Å²) in [6.07, 6.45) is 0. The minimum Gasteiger partial charge on any atom is -0.482 e. The zero-order valence-corrected chi connectivity index (χ0v) is 20.1. The second kappa shape index (κ2) is 11.4. The summed E-state index contributed by atoms with van der Waals surface area (Å²) in [6.45, 7) is -0.878. The van der Waals surface area contributed by atoms with Crippen LogP contribution in [0, 0.1) is 0 Å². The van der Waals surface area contributed by atoms with E-state index in [0.717, 1.165) is 0 Å². The maximum atomic E-state index is 13.0. The Labute approximate surface area is 210 Å². The first-order valence-corrected chi connectivity index (χ1v) is 11.2. The molecule has 0 unspecified atom stereocenters. The average Bonchev–Trinajstić information content (AvgIpc) is 3.18. The monoisotopic (exact) mass is 523 g/mol. The van der Waals surface area contributed by atoms with Crippen molar-refractivity contribution in [1.29, 1.82) is 0 Å². The third kappa shape index (κ3) is 5.85. The lowest BCUT2D eigenvalue weighted by Crippen LogP contribution is -2.32. The van der Waals surface area contributed by atoms with Gasteiger partial charge in [-0.05, 0) is 23.8 Å². The van der Waals surface area contributed by atoms with E-state index in [-0.39, 0.29) is 46.8 Å². The van der Waals surface area contributed by atoms with Crippen LogP contribution in [-0.4, -0.2) is 64.0 Å². The molecule has 0 aliphatic rings. The maximum Gasteiger partial charge on any atom is 0.335 e. The Hall–Kier alpha value is -3.31. The van der Waals surface area contributed by atoms with Gasteiger partial charge in [0.1, 0.15) is 16.5 Å². The van der Waals surface area contributed by atoms with Gasteiger partial charge in [-0.1, -0.05) is 35.3 Å². The van der Waals surface area contributed by atoms with Gasteiger partial charge >= 0.3 is 5.97 Å². The Morgan fingerprint density at radius 1 is 1.09 bits per heavy atom. The van der Waals surface area contributed by atoms with Crippen LogP contribution in [0.25, 0.3) is 10.9 Å². The minimum absolute atomic E-state index is 0.0680. The van der Waals surface area contributed by atoms with Crippen LogP contribution in [0.1, 0.15) is 32.5 Å². The number of fused-ring (bicyclic) bond motifs is 1. The SMILES string of the molecule is Cn1c(C(=O)N[C@H](CO)c2ccc(C(=O)O)cc2)cc2c(Cl)c(Cl)c(OCC(=O)NCCO)cc21. The highest BCUT2D eigenvalue weighted by molar-refractivity contribution is 6.46. The van der Waals surface area contributed by atoms with Crippen LogP contribution in [0.4, 0.5) is 0 Å². The second-order valence-corrected chi connectivity index (χ2v) is 8.28. The van der Waals surface area contributed by atoms with Gasteiger partial charge in [0, 0.05) is 25.0 Å². The van der Waals surface area contributed by atoms with Crippen LogP contribution in [-0.2, 0) is 11.8 Å². The lowest BCUT2D eigenvalue weighted by molar-refractivity contribution is -0.123. The highest BCUT2D eigenvalue weighted by Gasteiger charge is 2.22. The molecule has 0 saturated heterocycles. The largest absolute Gasteiger partial charge is 0.482 e. The first kappa shape index (κ1) is 26.3. The number of aromatic nitrogens is 1. The molecule has 0 saturated carbocycles. The molecule has 0 spiro atoms. The summed E-state index contributed by atoms with van der Waals surface area (Å²) in [5.41, 5.74) is 1.35. The maximum absolute atomic E-state index is 13.0. The summed E-state index contributed by atoms with van der Waals surface area (Å²) in [4.78, 5) is 35.8. The molecule has 3 rings (SSSR count). The molecular weight excluding hydrogens is 501 g/mol. The number of ether oxygens (including phenoxy) is 1. The summed E-state index contributed by atoms with van der Waals surface area (Å²) in [5, 5.41) is 33.5.